The van der Waals surface area contributed by atoms with Crippen molar-refractivity contribution in [1.82, 2.24) is 10.2 Å². The van der Waals surface area contributed by atoms with E-state index >= 15 is 0 Å². The quantitative estimate of drug-likeness (QED) is 0.584. The standard InChI is InChI=1S/C10H19IN2/c11-9-1-3-10(4-2-9)13-7-5-12-6-8-13/h9-10,12H,1-8H2. The molecule has 2 aliphatic rings. The molecule has 2 fully saturated rings. The summed E-state index contributed by atoms with van der Waals surface area (Å²) >= 11 is 2.61. The fourth-order valence-electron chi connectivity index (χ4n) is 2.45. The molecule has 1 saturated carbocycles. The molecule has 0 aromatic heterocycles. The molecule has 0 amide bonds. The van der Waals surface area contributed by atoms with Gasteiger partial charge in [-0.25, -0.2) is 0 Å². The van der Waals surface area contributed by atoms with Gasteiger partial charge in [0, 0.05) is 36.1 Å². The van der Waals surface area contributed by atoms with Gasteiger partial charge in [0.25, 0.3) is 0 Å². The van der Waals surface area contributed by atoms with Crippen molar-refractivity contribution in [2.45, 2.75) is 35.6 Å². The summed E-state index contributed by atoms with van der Waals surface area (Å²) in [6, 6.07) is 0.910. The number of nitrogens with one attached hydrogen (secondary N) is 1. The van der Waals surface area contributed by atoms with E-state index in [2.05, 4.69) is 32.8 Å². The number of alkyl halides is 1. The molecule has 0 aromatic rings. The molecule has 0 bridgehead atoms. The highest BCUT2D eigenvalue weighted by Gasteiger charge is 2.25. The molecule has 0 radical (unpaired) electrons. The van der Waals surface area contributed by atoms with E-state index in [1.54, 1.807) is 0 Å². The van der Waals surface area contributed by atoms with Gasteiger partial charge in [-0.05, 0) is 25.7 Å². The second kappa shape index (κ2) is 4.94. The van der Waals surface area contributed by atoms with Crippen molar-refractivity contribution in [2.24, 2.45) is 0 Å². The average Bonchev–Trinajstić information content (AvgIpc) is 2.20. The highest BCUT2D eigenvalue weighted by atomic mass is 127. The van der Waals surface area contributed by atoms with Gasteiger partial charge in [0.15, 0.2) is 0 Å². The summed E-state index contributed by atoms with van der Waals surface area (Å²) < 4.78 is 0.955. The number of hydrogen-bond donors (Lipinski definition) is 1. The molecule has 1 aliphatic carbocycles. The van der Waals surface area contributed by atoms with E-state index in [9.17, 15) is 0 Å². The third-order valence-corrected chi connectivity index (χ3v) is 4.54. The maximum absolute atomic E-state index is 3.42. The van der Waals surface area contributed by atoms with Crippen molar-refractivity contribution in [3.8, 4) is 0 Å². The minimum Gasteiger partial charge on any atom is -0.314 e. The zero-order valence-corrected chi connectivity index (χ0v) is 10.3. The maximum Gasteiger partial charge on any atom is 0.0111 e. The Morgan fingerprint density at radius 3 is 2.23 bits per heavy atom. The summed E-state index contributed by atoms with van der Waals surface area (Å²) in [5.41, 5.74) is 0. The summed E-state index contributed by atoms with van der Waals surface area (Å²) in [7, 11) is 0. The maximum atomic E-state index is 3.42. The lowest BCUT2D eigenvalue weighted by Gasteiger charge is -2.38. The number of rotatable bonds is 1. The Morgan fingerprint density at radius 1 is 1.00 bits per heavy atom. The van der Waals surface area contributed by atoms with E-state index in [1.807, 2.05) is 0 Å². The SMILES string of the molecule is IC1CCC(N2CCNCC2)CC1. The average molecular weight is 294 g/mol. The summed E-state index contributed by atoms with van der Waals surface area (Å²) in [5, 5.41) is 3.42. The predicted molar refractivity (Wildman–Crippen MR) is 64.5 cm³/mol. The Kier molecular flexibility index (Phi) is 3.86. The molecular weight excluding hydrogens is 275 g/mol. The molecule has 0 aromatic carbocycles. The van der Waals surface area contributed by atoms with Gasteiger partial charge in [-0.3, -0.25) is 4.90 Å². The zero-order valence-electron chi connectivity index (χ0n) is 8.14. The van der Waals surface area contributed by atoms with Gasteiger partial charge in [-0.1, -0.05) is 22.6 Å². The Bertz CT molecular complexity index is 149. The van der Waals surface area contributed by atoms with Crippen LogP contribution in [0.15, 0.2) is 0 Å². The molecule has 3 heteroatoms. The van der Waals surface area contributed by atoms with Crippen LogP contribution in [-0.4, -0.2) is 41.0 Å². The molecule has 1 saturated heterocycles. The van der Waals surface area contributed by atoms with Crippen LogP contribution in [0.2, 0.25) is 0 Å². The first kappa shape index (κ1) is 10.2. The number of nitrogens with zero attached hydrogens (tertiary/aromatic N) is 1. The molecule has 13 heavy (non-hydrogen) atoms. The Labute approximate surface area is 94.6 Å². The van der Waals surface area contributed by atoms with E-state index < -0.39 is 0 Å². The number of piperazine rings is 1. The van der Waals surface area contributed by atoms with Gasteiger partial charge in [-0.15, -0.1) is 0 Å². The summed E-state index contributed by atoms with van der Waals surface area (Å²) in [6.07, 6.45) is 5.76. The number of halogens is 1. The molecule has 0 spiro atoms. The van der Waals surface area contributed by atoms with Gasteiger partial charge < -0.3 is 5.32 Å². The van der Waals surface area contributed by atoms with Gasteiger partial charge in [-0.2, -0.15) is 0 Å². The zero-order chi connectivity index (χ0) is 9.10. The van der Waals surface area contributed by atoms with E-state index in [0.29, 0.717) is 0 Å². The van der Waals surface area contributed by atoms with Crippen LogP contribution in [0.3, 0.4) is 0 Å². The van der Waals surface area contributed by atoms with E-state index in [1.165, 1.54) is 51.9 Å². The summed E-state index contributed by atoms with van der Waals surface area (Å²) in [6.45, 7) is 4.95. The van der Waals surface area contributed by atoms with Gasteiger partial charge in [0.05, 0.1) is 0 Å². The van der Waals surface area contributed by atoms with Gasteiger partial charge in [0.2, 0.25) is 0 Å². The van der Waals surface area contributed by atoms with Crippen LogP contribution in [0, 0.1) is 0 Å². The molecule has 1 aliphatic heterocycles. The predicted octanol–water partition coefficient (Wildman–Crippen LogP) is 1.64. The monoisotopic (exact) mass is 294 g/mol. The lowest BCUT2D eigenvalue weighted by Crippen LogP contribution is -2.49. The molecule has 0 atom stereocenters. The first-order valence-electron chi connectivity index (χ1n) is 5.45. The van der Waals surface area contributed by atoms with Crippen molar-refractivity contribution in [3.05, 3.63) is 0 Å². The molecular formula is C10H19IN2. The highest BCUT2D eigenvalue weighted by Crippen LogP contribution is 2.27. The Hall–Kier alpha value is 0.650. The Balaban J connectivity index is 1.79. The number of hydrogen-bond acceptors (Lipinski definition) is 2. The third kappa shape index (κ3) is 2.80. The van der Waals surface area contributed by atoms with Crippen molar-refractivity contribution >= 4 is 22.6 Å². The van der Waals surface area contributed by atoms with Crippen molar-refractivity contribution < 1.29 is 0 Å². The Morgan fingerprint density at radius 2 is 1.62 bits per heavy atom. The molecule has 2 rings (SSSR count). The lowest BCUT2D eigenvalue weighted by atomic mass is 9.94. The minimum absolute atomic E-state index is 0.910. The molecule has 1 N–H and O–H groups in total. The van der Waals surface area contributed by atoms with Crippen LogP contribution in [0.25, 0.3) is 0 Å². The first-order valence-corrected chi connectivity index (χ1v) is 6.69. The smallest absolute Gasteiger partial charge is 0.0111 e. The van der Waals surface area contributed by atoms with Crippen LogP contribution < -0.4 is 5.32 Å². The van der Waals surface area contributed by atoms with E-state index in [-0.39, 0.29) is 0 Å². The molecule has 1 heterocycles. The van der Waals surface area contributed by atoms with E-state index in [4.69, 9.17) is 0 Å². The fourth-order valence-corrected chi connectivity index (χ4v) is 3.17. The van der Waals surface area contributed by atoms with Crippen LogP contribution in [0.5, 0.6) is 0 Å². The van der Waals surface area contributed by atoms with Crippen LogP contribution >= 0.6 is 22.6 Å². The van der Waals surface area contributed by atoms with Crippen molar-refractivity contribution in [3.63, 3.8) is 0 Å². The normalized spacial score (nSPS) is 37.6. The minimum atomic E-state index is 0.910. The topological polar surface area (TPSA) is 15.3 Å². The summed E-state index contributed by atoms with van der Waals surface area (Å²) in [4.78, 5) is 2.69. The molecule has 0 unspecified atom stereocenters. The van der Waals surface area contributed by atoms with E-state index in [0.717, 1.165) is 9.97 Å². The van der Waals surface area contributed by atoms with Crippen LogP contribution in [-0.2, 0) is 0 Å². The molecule has 76 valence electrons. The van der Waals surface area contributed by atoms with Crippen LogP contribution in [0.4, 0.5) is 0 Å². The second-order valence-corrected chi connectivity index (χ2v) is 5.95. The third-order valence-electron chi connectivity index (χ3n) is 3.29. The van der Waals surface area contributed by atoms with Gasteiger partial charge >= 0.3 is 0 Å². The second-order valence-electron chi connectivity index (χ2n) is 4.19. The first-order chi connectivity index (χ1) is 6.36. The fraction of sp³-hybridized carbons (Fsp3) is 1.00. The van der Waals surface area contributed by atoms with Gasteiger partial charge in [0.1, 0.15) is 0 Å². The van der Waals surface area contributed by atoms with Crippen LogP contribution in [0.1, 0.15) is 25.7 Å². The summed E-state index contributed by atoms with van der Waals surface area (Å²) in [5.74, 6) is 0. The molecule has 2 nitrogen and oxygen atoms in total. The largest absolute Gasteiger partial charge is 0.314 e. The lowest BCUT2D eigenvalue weighted by molar-refractivity contribution is 0.141. The van der Waals surface area contributed by atoms with Crippen molar-refractivity contribution in [1.29, 1.82) is 0 Å². The highest BCUT2D eigenvalue weighted by molar-refractivity contribution is 14.1. The van der Waals surface area contributed by atoms with Crippen molar-refractivity contribution in [2.75, 3.05) is 26.2 Å².